The Hall–Kier alpha value is -2.73. The Morgan fingerprint density at radius 1 is 0.536 bits per heavy atom. The van der Waals surface area contributed by atoms with Gasteiger partial charge in [-0.1, -0.05) is 111 Å². The maximum atomic E-state index is 13.5. The molecule has 0 aromatic carbocycles. The molecule has 12 heteroatoms. The van der Waals surface area contributed by atoms with Gasteiger partial charge in [0.25, 0.3) is 0 Å². The van der Waals surface area contributed by atoms with E-state index in [1.807, 2.05) is 4.90 Å². The standard InChI is InChI=1S/C57H98N2O10/c1-4-7-9-11-12-15-22-48-40-57(43-56(44-57)38-47(39-56)21-6-3)49(23-16-10-8-5-2)42-67-52(62)25-18-14-20-27-54(64)69-46-55(45-68-53(63)26-19-13-17-24-51(61)66-41-48)29-32-59(33-30-55)50(60)28-31-58-34-36-65-37-35-58/h47-49H,4-46H2,1-3H3. The number of amides is 1. The summed E-state index contributed by atoms with van der Waals surface area (Å²) in [6.07, 6.45) is 29.6. The Labute approximate surface area is 418 Å². The largest absolute Gasteiger partial charge is 0.465 e. The zero-order valence-electron chi connectivity index (χ0n) is 44.1. The quantitative estimate of drug-likeness (QED) is 0.0782. The first-order chi connectivity index (χ1) is 33.5. The highest BCUT2D eigenvalue weighted by molar-refractivity contribution is 5.76. The van der Waals surface area contributed by atoms with Crippen molar-refractivity contribution in [3.05, 3.63) is 0 Å². The van der Waals surface area contributed by atoms with Crippen molar-refractivity contribution in [1.29, 1.82) is 0 Å². The zero-order valence-corrected chi connectivity index (χ0v) is 44.1. The average Bonchev–Trinajstić information content (AvgIpc) is 3.33. The van der Waals surface area contributed by atoms with Crippen molar-refractivity contribution in [2.24, 2.45) is 34.0 Å². The van der Waals surface area contributed by atoms with Gasteiger partial charge in [0, 0.05) is 70.2 Å². The summed E-state index contributed by atoms with van der Waals surface area (Å²) in [6.45, 7) is 12.8. The molecule has 5 rings (SSSR count). The van der Waals surface area contributed by atoms with E-state index >= 15 is 0 Å². The fraction of sp³-hybridized carbons (Fsp3) is 0.912. The fourth-order valence-electron chi connectivity index (χ4n) is 12.9. The molecule has 3 aliphatic heterocycles. The number of rotatable bonds is 17. The van der Waals surface area contributed by atoms with Gasteiger partial charge in [0.05, 0.1) is 26.4 Å². The zero-order chi connectivity index (χ0) is 49.2. The number of hydrogen-bond acceptors (Lipinski definition) is 11. The van der Waals surface area contributed by atoms with Crippen molar-refractivity contribution in [2.45, 2.75) is 226 Å². The SMILES string of the molecule is CCCCCCCCC1COC(=O)CCCCCC(=O)OCC2(CCN(C(=O)CCN3CCOCC3)CC2)COC(=O)CCCCCC(=O)OCC(CCCCCC)C2(C1)CC1(CC(CCC)C1)C2. The van der Waals surface area contributed by atoms with Crippen LogP contribution in [0.4, 0.5) is 0 Å². The van der Waals surface area contributed by atoms with E-state index in [1.165, 1.54) is 89.9 Å². The van der Waals surface area contributed by atoms with Crippen LogP contribution in [0, 0.1) is 34.0 Å². The molecule has 3 saturated heterocycles. The molecule has 396 valence electrons. The molecule has 0 aromatic rings. The molecule has 2 unspecified atom stereocenters. The molecule has 12 nitrogen and oxygen atoms in total. The first-order valence-electron chi connectivity index (χ1n) is 28.7. The summed E-state index contributed by atoms with van der Waals surface area (Å²) in [5.74, 6) is 0.627. The third-order valence-electron chi connectivity index (χ3n) is 17.0. The van der Waals surface area contributed by atoms with Crippen LogP contribution in [0.1, 0.15) is 226 Å². The topological polar surface area (TPSA) is 138 Å². The summed E-state index contributed by atoms with van der Waals surface area (Å²) in [5, 5.41) is 0. The molecule has 1 amide bonds. The van der Waals surface area contributed by atoms with Crippen molar-refractivity contribution in [3.63, 3.8) is 0 Å². The van der Waals surface area contributed by atoms with Crippen LogP contribution in [-0.4, -0.2) is 112 Å². The maximum absolute atomic E-state index is 13.5. The minimum Gasteiger partial charge on any atom is -0.465 e. The number of nitrogens with zero attached hydrogens (tertiary/aromatic N) is 2. The Kier molecular flexibility index (Phi) is 25.7. The van der Waals surface area contributed by atoms with Crippen LogP contribution in [0.3, 0.4) is 0 Å². The molecule has 69 heavy (non-hydrogen) atoms. The van der Waals surface area contributed by atoms with Gasteiger partial charge in [-0.05, 0) is 112 Å². The number of ether oxygens (including phenoxy) is 5. The highest BCUT2D eigenvalue weighted by Crippen LogP contribution is 2.71. The van der Waals surface area contributed by atoms with Crippen LogP contribution in [0.2, 0.25) is 0 Å². The normalized spacial score (nSPS) is 29.0. The van der Waals surface area contributed by atoms with Gasteiger partial charge in [-0.25, -0.2) is 0 Å². The number of unbranched alkanes of at least 4 members (excludes halogenated alkanes) is 8. The molecular weight excluding hydrogens is 873 g/mol. The fourth-order valence-corrected chi connectivity index (χ4v) is 12.9. The first kappa shape index (κ1) is 57.2. The number of morpholine rings is 1. The van der Waals surface area contributed by atoms with Crippen LogP contribution in [0.15, 0.2) is 0 Å². The molecular formula is C57H98N2O10. The molecule has 5 aliphatic rings. The molecule has 2 saturated carbocycles. The predicted molar refractivity (Wildman–Crippen MR) is 270 cm³/mol. The summed E-state index contributed by atoms with van der Waals surface area (Å²) in [7, 11) is 0. The number of piperidine rings is 1. The smallest absolute Gasteiger partial charge is 0.305 e. The molecule has 2 aliphatic carbocycles. The number of hydrogen-bond donors (Lipinski definition) is 0. The van der Waals surface area contributed by atoms with Gasteiger partial charge >= 0.3 is 23.9 Å². The lowest BCUT2D eigenvalue weighted by Crippen LogP contribution is -2.58. The van der Waals surface area contributed by atoms with Gasteiger partial charge in [-0.2, -0.15) is 0 Å². The Balaban J connectivity index is 1.22. The molecule has 0 N–H and O–H groups in total. The van der Waals surface area contributed by atoms with E-state index < -0.39 is 5.41 Å². The number of cyclic esters (lactones) is 4. The van der Waals surface area contributed by atoms with Crippen LogP contribution >= 0.6 is 0 Å². The first-order valence-corrected chi connectivity index (χ1v) is 28.7. The molecule has 0 aromatic heterocycles. The minimum atomic E-state index is -0.571. The summed E-state index contributed by atoms with van der Waals surface area (Å²) < 4.78 is 29.7. The van der Waals surface area contributed by atoms with E-state index in [-0.39, 0.29) is 73.1 Å². The van der Waals surface area contributed by atoms with Crippen molar-refractivity contribution in [2.75, 3.05) is 72.4 Å². The van der Waals surface area contributed by atoms with E-state index in [2.05, 4.69) is 25.7 Å². The highest BCUT2D eigenvalue weighted by atomic mass is 16.6. The summed E-state index contributed by atoms with van der Waals surface area (Å²) in [4.78, 5) is 70.5. The van der Waals surface area contributed by atoms with Gasteiger partial charge in [0.2, 0.25) is 5.91 Å². The lowest BCUT2D eigenvalue weighted by molar-refractivity contribution is -0.183. The highest BCUT2D eigenvalue weighted by Gasteiger charge is 2.62. The Bertz CT molecular complexity index is 1510. The molecule has 0 radical (unpaired) electrons. The number of carbonyl (C=O) groups is 5. The third kappa shape index (κ3) is 20.0. The van der Waals surface area contributed by atoms with E-state index in [4.69, 9.17) is 23.7 Å². The summed E-state index contributed by atoms with van der Waals surface area (Å²) in [5.41, 5.74) is -0.0716. The number of likely N-dealkylation sites (tertiary alicyclic amines) is 1. The van der Waals surface area contributed by atoms with E-state index in [0.29, 0.717) is 109 Å². The van der Waals surface area contributed by atoms with Crippen LogP contribution < -0.4 is 0 Å². The monoisotopic (exact) mass is 971 g/mol. The van der Waals surface area contributed by atoms with Crippen LogP contribution in [0.25, 0.3) is 0 Å². The molecule has 5 fully saturated rings. The molecule has 3 spiro atoms. The van der Waals surface area contributed by atoms with Gasteiger partial charge in [0.15, 0.2) is 0 Å². The van der Waals surface area contributed by atoms with E-state index in [9.17, 15) is 24.0 Å². The lowest BCUT2D eigenvalue weighted by atomic mass is 9.38. The molecule has 0 bridgehead atoms. The maximum Gasteiger partial charge on any atom is 0.305 e. The van der Waals surface area contributed by atoms with E-state index in [0.717, 1.165) is 64.0 Å². The Morgan fingerprint density at radius 3 is 1.64 bits per heavy atom. The summed E-state index contributed by atoms with van der Waals surface area (Å²) >= 11 is 0. The van der Waals surface area contributed by atoms with Gasteiger partial charge in [-0.15, -0.1) is 0 Å². The Morgan fingerprint density at radius 2 is 1.06 bits per heavy atom. The number of esters is 4. The summed E-state index contributed by atoms with van der Waals surface area (Å²) in [6, 6.07) is 0. The van der Waals surface area contributed by atoms with Crippen LogP contribution in [0.5, 0.6) is 0 Å². The van der Waals surface area contributed by atoms with Crippen molar-refractivity contribution in [1.82, 2.24) is 9.80 Å². The minimum absolute atomic E-state index is 0.0811. The third-order valence-corrected chi connectivity index (χ3v) is 17.0. The lowest BCUT2D eigenvalue weighted by Gasteiger charge is -2.67. The van der Waals surface area contributed by atoms with Crippen LogP contribution in [-0.2, 0) is 47.7 Å². The second kappa shape index (κ2) is 31.0. The van der Waals surface area contributed by atoms with Gasteiger partial charge in [0.1, 0.15) is 13.2 Å². The number of carbonyl (C=O) groups excluding carboxylic acids is 5. The van der Waals surface area contributed by atoms with Gasteiger partial charge < -0.3 is 28.6 Å². The molecule has 2 atom stereocenters. The van der Waals surface area contributed by atoms with Crippen molar-refractivity contribution >= 4 is 29.8 Å². The average molecular weight is 971 g/mol. The predicted octanol–water partition coefficient (Wildman–Crippen LogP) is 11.7. The van der Waals surface area contributed by atoms with Crippen molar-refractivity contribution in [3.8, 4) is 0 Å². The van der Waals surface area contributed by atoms with Crippen molar-refractivity contribution < 1.29 is 47.7 Å². The van der Waals surface area contributed by atoms with E-state index in [1.54, 1.807) is 0 Å². The second-order valence-corrected chi connectivity index (χ2v) is 22.8. The second-order valence-electron chi connectivity index (χ2n) is 22.8. The van der Waals surface area contributed by atoms with Gasteiger partial charge in [-0.3, -0.25) is 28.9 Å². The molecule has 3 heterocycles.